The maximum absolute atomic E-state index is 11.6. The second-order valence-electron chi connectivity index (χ2n) is 5.49. The Morgan fingerprint density at radius 2 is 2.14 bits per heavy atom. The van der Waals surface area contributed by atoms with Gasteiger partial charge in [-0.15, -0.1) is 11.3 Å². The van der Waals surface area contributed by atoms with Crippen molar-refractivity contribution in [2.45, 2.75) is 33.1 Å². The smallest absolute Gasteiger partial charge is 0.243 e. The molecule has 1 rings (SSSR count). The van der Waals surface area contributed by atoms with Gasteiger partial charge in [-0.05, 0) is 6.92 Å². The molecular formula is C15H27N5OS. The van der Waals surface area contributed by atoms with Crippen LogP contribution in [0.2, 0.25) is 0 Å². The maximum Gasteiger partial charge on any atom is 0.243 e. The highest BCUT2D eigenvalue weighted by molar-refractivity contribution is 7.09. The van der Waals surface area contributed by atoms with E-state index in [9.17, 15) is 4.79 Å². The number of carbonyl (C=O) groups excluding carboxylic acids is 1. The van der Waals surface area contributed by atoms with Crippen molar-refractivity contribution in [3.8, 4) is 0 Å². The molecule has 0 saturated carbocycles. The fourth-order valence-corrected chi connectivity index (χ4v) is 2.51. The van der Waals surface area contributed by atoms with Crippen LogP contribution in [0.3, 0.4) is 0 Å². The molecule has 0 aliphatic heterocycles. The van der Waals surface area contributed by atoms with E-state index in [1.54, 1.807) is 25.4 Å². The number of aromatic nitrogens is 1. The van der Waals surface area contributed by atoms with Crippen molar-refractivity contribution < 1.29 is 4.79 Å². The first-order chi connectivity index (χ1) is 10.4. The fourth-order valence-electron chi connectivity index (χ4n) is 1.64. The Bertz CT molecular complexity index is 496. The predicted molar refractivity (Wildman–Crippen MR) is 92.6 cm³/mol. The molecule has 0 unspecified atom stereocenters. The molecule has 0 spiro atoms. The summed E-state index contributed by atoms with van der Waals surface area (Å²) in [5.41, 5.74) is 1.10. The van der Waals surface area contributed by atoms with Gasteiger partial charge in [0.2, 0.25) is 5.91 Å². The number of nitrogens with zero attached hydrogens (tertiary/aromatic N) is 3. The summed E-state index contributed by atoms with van der Waals surface area (Å²) in [4.78, 5) is 22.0. The van der Waals surface area contributed by atoms with Crippen LogP contribution >= 0.6 is 11.3 Å². The Kier molecular flexibility index (Phi) is 7.87. The van der Waals surface area contributed by atoms with E-state index in [1.165, 1.54) is 9.91 Å². The number of thiazole rings is 1. The Morgan fingerprint density at radius 1 is 1.41 bits per heavy atom. The molecule has 0 fully saturated rings. The predicted octanol–water partition coefficient (Wildman–Crippen LogP) is 1.45. The summed E-state index contributed by atoms with van der Waals surface area (Å²) >= 11 is 1.71. The molecular weight excluding hydrogens is 298 g/mol. The molecule has 0 atom stereocenters. The number of hydrogen-bond donors (Lipinski definition) is 2. The standard InChI is InChI=1S/C15H27N5OS/c1-6-16-15(18-9-13(21)20(4)5)17-8-7-12-10-22-14(19-12)11(2)3/h10-11H,6-9H2,1-5H3,(H2,16,17,18). The van der Waals surface area contributed by atoms with Gasteiger partial charge in [0.25, 0.3) is 0 Å². The van der Waals surface area contributed by atoms with Gasteiger partial charge in [-0.25, -0.2) is 9.98 Å². The number of aliphatic imine (C=N–C) groups is 1. The highest BCUT2D eigenvalue weighted by Crippen LogP contribution is 2.19. The third-order valence-electron chi connectivity index (χ3n) is 2.95. The largest absolute Gasteiger partial charge is 0.357 e. The minimum absolute atomic E-state index is 0.0155. The van der Waals surface area contributed by atoms with Gasteiger partial charge in [0.15, 0.2) is 5.96 Å². The van der Waals surface area contributed by atoms with Gasteiger partial charge < -0.3 is 15.5 Å². The monoisotopic (exact) mass is 325 g/mol. The van der Waals surface area contributed by atoms with Crippen molar-refractivity contribution >= 4 is 23.2 Å². The molecule has 0 aliphatic rings. The van der Waals surface area contributed by atoms with E-state index >= 15 is 0 Å². The number of carbonyl (C=O) groups is 1. The number of likely N-dealkylation sites (N-methyl/N-ethyl adjacent to an activating group) is 1. The fraction of sp³-hybridized carbons (Fsp3) is 0.667. The van der Waals surface area contributed by atoms with E-state index in [2.05, 4.69) is 39.8 Å². The highest BCUT2D eigenvalue weighted by Gasteiger charge is 2.07. The molecule has 6 nitrogen and oxygen atoms in total. The average Bonchev–Trinajstić information content (AvgIpc) is 2.93. The van der Waals surface area contributed by atoms with Crippen molar-refractivity contribution in [3.05, 3.63) is 16.1 Å². The van der Waals surface area contributed by atoms with Crippen LogP contribution in [0.15, 0.2) is 10.4 Å². The van der Waals surface area contributed by atoms with Crippen LogP contribution in [0.5, 0.6) is 0 Å². The molecule has 0 saturated heterocycles. The van der Waals surface area contributed by atoms with Crippen molar-refractivity contribution in [1.29, 1.82) is 0 Å². The first-order valence-electron chi connectivity index (χ1n) is 7.60. The number of hydrogen-bond acceptors (Lipinski definition) is 4. The van der Waals surface area contributed by atoms with Crippen LogP contribution in [0, 0.1) is 0 Å². The lowest BCUT2D eigenvalue weighted by molar-refractivity contribution is -0.127. The van der Waals surface area contributed by atoms with Crippen molar-refractivity contribution in [3.63, 3.8) is 0 Å². The van der Waals surface area contributed by atoms with E-state index in [0.717, 1.165) is 25.2 Å². The minimum atomic E-state index is -0.0155. The molecule has 0 aromatic carbocycles. The minimum Gasteiger partial charge on any atom is -0.357 e. The lowest BCUT2D eigenvalue weighted by Crippen LogP contribution is -2.39. The maximum atomic E-state index is 11.6. The van der Waals surface area contributed by atoms with E-state index < -0.39 is 0 Å². The Hall–Kier alpha value is -1.63. The van der Waals surface area contributed by atoms with Crippen LogP contribution in [0.25, 0.3) is 0 Å². The topological polar surface area (TPSA) is 69.6 Å². The van der Waals surface area contributed by atoms with Crippen molar-refractivity contribution in [2.24, 2.45) is 4.99 Å². The molecule has 124 valence electrons. The quantitative estimate of drug-likeness (QED) is 0.588. The van der Waals surface area contributed by atoms with Crippen molar-refractivity contribution in [2.75, 3.05) is 33.7 Å². The summed E-state index contributed by atoms with van der Waals surface area (Å²) in [6, 6.07) is 0. The zero-order chi connectivity index (χ0) is 16.5. The SMILES string of the molecule is CCNC(=NCC(=O)N(C)C)NCCc1csc(C(C)C)n1. The van der Waals surface area contributed by atoms with Crippen LogP contribution in [-0.2, 0) is 11.2 Å². The third kappa shape index (κ3) is 6.43. The van der Waals surface area contributed by atoms with Crippen LogP contribution in [0.4, 0.5) is 0 Å². The lowest BCUT2D eigenvalue weighted by Gasteiger charge is -2.12. The second kappa shape index (κ2) is 9.40. The third-order valence-corrected chi connectivity index (χ3v) is 4.15. The van der Waals surface area contributed by atoms with Crippen LogP contribution in [0.1, 0.15) is 37.4 Å². The number of amides is 1. The normalized spacial score (nSPS) is 11.6. The van der Waals surface area contributed by atoms with Gasteiger partial charge in [0, 0.05) is 44.9 Å². The molecule has 0 radical (unpaired) electrons. The summed E-state index contributed by atoms with van der Waals surface area (Å²) in [6.07, 6.45) is 0.843. The highest BCUT2D eigenvalue weighted by atomic mass is 32.1. The van der Waals surface area contributed by atoms with Gasteiger partial charge in [0.05, 0.1) is 10.7 Å². The summed E-state index contributed by atoms with van der Waals surface area (Å²) in [5, 5.41) is 9.65. The summed E-state index contributed by atoms with van der Waals surface area (Å²) in [5.74, 6) is 1.12. The van der Waals surface area contributed by atoms with E-state index in [4.69, 9.17) is 0 Å². The van der Waals surface area contributed by atoms with E-state index in [-0.39, 0.29) is 12.5 Å². The Balaban J connectivity index is 2.46. The lowest BCUT2D eigenvalue weighted by atomic mass is 10.2. The van der Waals surface area contributed by atoms with Gasteiger partial charge >= 0.3 is 0 Å². The number of rotatable bonds is 7. The van der Waals surface area contributed by atoms with Gasteiger partial charge in [-0.1, -0.05) is 13.8 Å². The first-order valence-corrected chi connectivity index (χ1v) is 8.48. The average molecular weight is 325 g/mol. The van der Waals surface area contributed by atoms with Gasteiger partial charge in [0.1, 0.15) is 6.54 Å². The molecule has 1 aromatic heterocycles. The second-order valence-corrected chi connectivity index (χ2v) is 6.38. The number of nitrogens with one attached hydrogen (secondary N) is 2. The molecule has 2 N–H and O–H groups in total. The summed E-state index contributed by atoms with van der Waals surface area (Å²) < 4.78 is 0. The molecule has 1 amide bonds. The molecule has 0 aliphatic carbocycles. The first kappa shape index (κ1) is 18.4. The Morgan fingerprint density at radius 3 is 2.68 bits per heavy atom. The summed E-state index contributed by atoms with van der Waals surface area (Å²) in [6.45, 7) is 7.95. The van der Waals surface area contributed by atoms with E-state index in [1.807, 2.05) is 6.92 Å². The molecule has 1 aromatic rings. The molecule has 1 heterocycles. The van der Waals surface area contributed by atoms with E-state index in [0.29, 0.717) is 11.9 Å². The zero-order valence-electron chi connectivity index (χ0n) is 14.1. The Labute approximate surface area is 137 Å². The van der Waals surface area contributed by atoms with Crippen molar-refractivity contribution in [1.82, 2.24) is 20.5 Å². The van der Waals surface area contributed by atoms with Gasteiger partial charge in [-0.3, -0.25) is 4.79 Å². The summed E-state index contributed by atoms with van der Waals surface area (Å²) in [7, 11) is 3.46. The van der Waals surface area contributed by atoms with Crippen LogP contribution in [-0.4, -0.2) is 55.5 Å². The van der Waals surface area contributed by atoms with Gasteiger partial charge in [-0.2, -0.15) is 0 Å². The molecule has 0 bridgehead atoms. The van der Waals surface area contributed by atoms with Crippen LogP contribution < -0.4 is 10.6 Å². The molecule has 7 heteroatoms. The molecule has 22 heavy (non-hydrogen) atoms. The zero-order valence-corrected chi connectivity index (χ0v) is 15.0. The number of guanidine groups is 1.